The smallest absolute Gasteiger partial charge is 0.327 e. The van der Waals surface area contributed by atoms with Crippen LogP contribution in [-0.2, 0) is 4.79 Å². The van der Waals surface area contributed by atoms with Crippen LogP contribution < -0.4 is 0 Å². The molecule has 0 spiro atoms. The standard InChI is InChI=1S/C6H14O3.C3H4O2/c1-2-6(3-7,4-8)5-9;1-2-3(4)5/h7-9H,2-5H2,1H3;2H,1H2,(H,4,5). The van der Waals surface area contributed by atoms with Gasteiger partial charge in [-0.2, -0.15) is 0 Å². The highest BCUT2D eigenvalue weighted by Crippen LogP contribution is 2.18. The molecule has 0 aliphatic carbocycles. The van der Waals surface area contributed by atoms with E-state index in [0.29, 0.717) is 6.42 Å². The minimum Gasteiger partial charge on any atom is -0.478 e. The maximum atomic E-state index is 9.25. The van der Waals surface area contributed by atoms with Crippen molar-refractivity contribution in [1.82, 2.24) is 0 Å². The molecule has 0 rings (SSSR count). The summed E-state index contributed by atoms with van der Waals surface area (Å²) in [5, 5.41) is 33.6. The Bertz CT molecular complexity index is 145. The number of carboxylic acid groups (broad SMARTS) is 1. The summed E-state index contributed by atoms with van der Waals surface area (Å²) >= 11 is 0. The van der Waals surface area contributed by atoms with E-state index in [2.05, 4.69) is 6.58 Å². The molecule has 0 aromatic carbocycles. The van der Waals surface area contributed by atoms with Crippen molar-refractivity contribution in [1.29, 1.82) is 0 Å². The van der Waals surface area contributed by atoms with Gasteiger partial charge in [-0.1, -0.05) is 13.5 Å². The molecule has 5 heteroatoms. The van der Waals surface area contributed by atoms with Gasteiger partial charge in [0.25, 0.3) is 0 Å². The van der Waals surface area contributed by atoms with Crippen LogP contribution in [-0.4, -0.2) is 46.2 Å². The first-order valence-corrected chi connectivity index (χ1v) is 4.19. The van der Waals surface area contributed by atoms with Gasteiger partial charge in [-0.05, 0) is 6.42 Å². The number of hydrogen-bond donors (Lipinski definition) is 4. The van der Waals surface area contributed by atoms with Crippen LogP contribution in [0.1, 0.15) is 13.3 Å². The normalized spacial score (nSPS) is 10.0. The quantitative estimate of drug-likeness (QED) is 0.459. The van der Waals surface area contributed by atoms with Crippen molar-refractivity contribution >= 4 is 5.97 Å². The summed E-state index contributed by atoms with van der Waals surface area (Å²) in [4.78, 5) is 9.25. The lowest BCUT2D eigenvalue weighted by atomic mass is 9.88. The van der Waals surface area contributed by atoms with E-state index in [9.17, 15) is 4.79 Å². The van der Waals surface area contributed by atoms with Crippen molar-refractivity contribution in [3.8, 4) is 0 Å². The molecule has 0 amide bonds. The molecular weight excluding hydrogens is 188 g/mol. The van der Waals surface area contributed by atoms with Gasteiger partial charge in [-0.3, -0.25) is 0 Å². The van der Waals surface area contributed by atoms with E-state index in [4.69, 9.17) is 20.4 Å². The molecule has 0 radical (unpaired) electrons. The van der Waals surface area contributed by atoms with Crippen molar-refractivity contribution in [3.63, 3.8) is 0 Å². The van der Waals surface area contributed by atoms with Crippen LogP contribution in [0.4, 0.5) is 0 Å². The van der Waals surface area contributed by atoms with Gasteiger partial charge in [0.2, 0.25) is 0 Å². The molecule has 0 bridgehead atoms. The molecule has 14 heavy (non-hydrogen) atoms. The van der Waals surface area contributed by atoms with Crippen LogP contribution in [0.15, 0.2) is 12.7 Å². The third-order valence-corrected chi connectivity index (χ3v) is 1.93. The van der Waals surface area contributed by atoms with Crippen LogP contribution >= 0.6 is 0 Å². The predicted molar refractivity (Wildman–Crippen MR) is 51.8 cm³/mol. The van der Waals surface area contributed by atoms with Crippen LogP contribution in [0.5, 0.6) is 0 Å². The highest BCUT2D eigenvalue weighted by molar-refractivity contribution is 5.78. The molecule has 0 atom stereocenters. The minimum absolute atomic E-state index is 0.156. The topological polar surface area (TPSA) is 98.0 Å². The summed E-state index contributed by atoms with van der Waals surface area (Å²) in [5.74, 6) is -0.981. The maximum absolute atomic E-state index is 9.25. The fourth-order valence-corrected chi connectivity index (χ4v) is 0.485. The van der Waals surface area contributed by atoms with E-state index in [1.807, 2.05) is 6.92 Å². The zero-order valence-electron chi connectivity index (χ0n) is 8.31. The summed E-state index contributed by atoms with van der Waals surface area (Å²) in [6, 6.07) is 0. The molecule has 0 aromatic heterocycles. The van der Waals surface area contributed by atoms with Gasteiger partial charge in [-0.25, -0.2) is 4.79 Å². The van der Waals surface area contributed by atoms with Crippen molar-refractivity contribution in [2.75, 3.05) is 19.8 Å². The summed E-state index contributed by atoms with van der Waals surface area (Å²) in [6.45, 7) is 4.31. The first kappa shape index (κ1) is 15.6. The molecule has 0 aliphatic rings. The van der Waals surface area contributed by atoms with E-state index in [1.54, 1.807) is 0 Å². The van der Waals surface area contributed by atoms with Gasteiger partial charge in [0.1, 0.15) is 0 Å². The van der Waals surface area contributed by atoms with Gasteiger partial charge >= 0.3 is 5.97 Å². The molecule has 5 nitrogen and oxygen atoms in total. The number of aliphatic hydroxyl groups is 3. The minimum atomic E-state index is -0.981. The lowest BCUT2D eigenvalue weighted by molar-refractivity contribution is -0.131. The van der Waals surface area contributed by atoms with Crippen molar-refractivity contribution in [2.45, 2.75) is 13.3 Å². The van der Waals surface area contributed by atoms with E-state index in [-0.39, 0.29) is 19.8 Å². The zero-order valence-corrected chi connectivity index (χ0v) is 8.31. The van der Waals surface area contributed by atoms with Crippen molar-refractivity contribution < 1.29 is 25.2 Å². The third kappa shape index (κ3) is 6.59. The van der Waals surface area contributed by atoms with Crippen molar-refractivity contribution in [3.05, 3.63) is 12.7 Å². The third-order valence-electron chi connectivity index (χ3n) is 1.93. The number of rotatable bonds is 5. The first-order chi connectivity index (χ1) is 6.51. The second kappa shape index (κ2) is 8.68. The maximum Gasteiger partial charge on any atom is 0.327 e. The van der Waals surface area contributed by atoms with Crippen LogP contribution in [0.2, 0.25) is 0 Å². The molecule has 0 aliphatic heterocycles. The highest BCUT2D eigenvalue weighted by atomic mass is 16.4. The van der Waals surface area contributed by atoms with Gasteiger partial charge in [-0.15, -0.1) is 0 Å². The number of carbonyl (C=O) groups is 1. The average Bonchev–Trinajstić information content (AvgIpc) is 2.23. The molecule has 0 unspecified atom stereocenters. The molecule has 84 valence electrons. The SMILES string of the molecule is C=CC(=O)O.CCC(CO)(CO)CO. The summed E-state index contributed by atoms with van der Waals surface area (Å²) in [5.41, 5.74) is -0.667. The van der Waals surface area contributed by atoms with Crippen LogP contribution in [0, 0.1) is 5.41 Å². The molecule has 0 fully saturated rings. The summed E-state index contributed by atoms with van der Waals surface area (Å²) in [6.07, 6.45) is 1.43. The largest absolute Gasteiger partial charge is 0.478 e. The fourth-order valence-electron chi connectivity index (χ4n) is 0.485. The van der Waals surface area contributed by atoms with Crippen LogP contribution in [0.25, 0.3) is 0 Å². The molecule has 0 saturated carbocycles. The Morgan fingerprint density at radius 3 is 1.57 bits per heavy atom. The van der Waals surface area contributed by atoms with E-state index >= 15 is 0 Å². The van der Waals surface area contributed by atoms with Gasteiger partial charge in [0.05, 0.1) is 19.8 Å². The van der Waals surface area contributed by atoms with Gasteiger partial charge in [0.15, 0.2) is 0 Å². The molecule has 0 aromatic rings. The summed E-state index contributed by atoms with van der Waals surface area (Å²) in [7, 11) is 0. The van der Waals surface area contributed by atoms with E-state index in [0.717, 1.165) is 6.08 Å². The Kier molecular flexibility index (Phi) is 9.64. The van der Waals surface area contributed by atoms with E-state index < -0.39 is 11.4 Å². The molecular formula is C9H18O5. The average molecular weight is 206 g/mol. The summed E-state index contributed by atoms with van der Waals surface area (Å²) < 4.78 is 0. The number of carboxylic acids is 1. The lowest BCUT2D eigenvalue weighted by Gasteiger charge is -2.24. The Balaban J connectivity index is 0. The monoisotopic (exact) mass is 206 g/mol. The van der Waals surface area contributed by atoms with Crippen molar-refractivity contribution in [2.24, 2.45) is 5.41 Å². The second-order valence-electron chi connectivity index (χ2n) is 2.87. The molecule has 0 heterocycles. The molecule has 0 saturated heterocycles. The second-order valence-corrected chi connectivity index (χ2v) is 2.87. The van der Waals surface area contributed by atoms with E-state index in [1.165, 1.54) is 0 Å². The fraction of sp³-hybridized carbons (Fsp3) is 0.667. The Morgan fingerprint density at radius 2 is 1.57 bits per heavy atom. The number of hydrogen-bond acceptors (Lipinski definition) is 4. The predicted octanol–water partition coefficient (Wildman–Crippen LogP) is -0.383. The van der Waals surface area contributed by atoms with Crippen LogP contribution in [0.3, 0.4) is 0 Å². The Morgan fingerprint density at radius 1 is 1.29 bits per heavy atom. The first-order valence-electron chi connectivity index (χ1n) is 4.19. The molecule has 4 N–H and O–H groups in total. The Labute approximate surface area is 83.3 Å². The zero-order chi connectivity index (χ0) is 11.6. The van der Waals surface area contributed by atoms with Gasteiger partial charge < -0.3 is 20.4 Å². The highest BCUT2D eigenvalue weighted by Gasteiger charge is 2.24. The number of aliphatic carboxylic acids is 1. The Hall–Kier alpha value is -0.910. The number of aliphatic hydroxyl groups excluding tert-OH is 3. The lowest BCUT2D eigenvalue weighted by Crippen LogP contribution is -2.32. The van der Waals surface area contributed by atoms with Gasteiger partial charge in [0, 0.05) is 11.5 Å².